The second kappa shape index (κ2) is 8.82. The predicted molar refractivity (Wildman–Crippen MR) is 91.1 cm³/mol. The first-order valence-corrected chi connectivity index (χ1v) is 8.76. The Bertz CT molecular complexity index is 496. The average Bonchev–Trinajstić information content (AvgIpc) is 2.86. The van der Waals surface area contributed by atoms with Gasteiger partial charge >= 0.3 is 0 Å². The minimum atomic E-state index is -0.0816. The molecular formula is C19H29NO2. The predicted octanol–water partition coefficient (Wildman–Crippen LogP) is 5.47. The second-order valence-corrected chi connectivity index (χ2v) is 6.35. The van der Waals surface area contributed by atoms with Crippen LogP contribution in [-0.4, -0.2) is 17.0 Å². The Balaban J connectivity index is 1.71. The highest BCUT2D eigenvalue weighted by Crippen LogP contribution is 2.32. The van der Waals surface area contributed by atoms with E-state index in [0.717, 1.165) is 29.7 Å². The summed E-state index contributed by atoms with van der Waals surface area (Å²) in [6, 6.07) is 6.05. The van der Waals surface area contributed by atoms with Gasteiger partial charge in [-0.2, -0.15) is 0 Å². The number of benzene rings is 1. The molecule has 22 heavy (non-hydrogen) atoms. The molecule has 3 nitrogen and oxygen atoms in total. The van der Waals surface area contributed by atoms with Gasteiger partial charge in [-0.15, -0.1) is 0 Å². The number of hydrogen-bond acceptors (Lipinski definition) is 3. The molecule has 0 bridgehead atoms. The van der Waals surface area contributed by atoms with E-state index in [-0.39, 0.29) is 6.10 Å². The summed E-state index contributed by atoms with van der Waals surface area (Å²) in [5, 5.41) is 12.8. The Labute approximate surface area is 134 Å². The van der Waals surface area contributed by atoms with Crippen LogP contribution < -0.4 is 4.74 Å². The number of fused-ring (bicyclic) bond motifs is 1. The van der Waals surface area contributed by atoms with Crippen molar-refractivity contribution in [3.05, 3.63) is 29.3 Å². The van der Waals surface area contributed by atoms with Crippen molar-refractivity contribution in [2.45, 2.75) is 77.7 Å². The van der Waals surface area contributed by atoms with E-state index in [1.807, 2.05) is 25.1 Å². The molecule has 0 fully saturated rings. The molecule has 0 spiro atoms. The molecule has 0 amide bonds. The van der Waals surface area contributed by atoms with Gasteiger partial charge in [-0.05, 0) is 31.9 Å². The van der Waals surface area contributed by atoms with Crippen LogP contribution in [0.4, 0.5) is 0 Å². The van der Waals surface area contributed by atoms with Gasteiger partial charge in [-0.1, -0.05) is 68.7 Å². The third kappa shape index (κ3) is 4.49. The molecule has 0 saturated heterocycles. The van der Waals surface area contributed by atoms with Crippen molar-refractivity contribution in [1.29, 1.82) is 0 Å². The van der Waals surface area contributed by atoms with Crippen LogP contribution in [0.5, 0.6) is 5.75 Å². The van der Waals surface area contributed by atoms with Crippen molar-refractivity contribution in [3.63, 3.8) is 0 Å². The molecule has 0 unspecified atom stereocenters. The van der Waals surface area contributed by atoms with Crippen LogP contribution in [0.2, 0.25) is 0 Å². The first kappa shape index (κ1) is 16.9. The molecule has 0 radical (unpaired) electrons. The Morgan fingerprint density at radius 1 is 1.05 bits per heavy atom. The first-order valence-electron chi connectivity index (χ1n) is 8.76. The van der Waals surface area contributed by atoms with Crippen LogP contribution in [0.3, 0.4) is 0 Å². The van der Waals surface area contributed by atoms with E-state index in [1.54, 1.807) is 0 Å². The zero-order valence-electron chi connectivity index (χ0n) is 14.0. The minimum absolute atomic E-state index is 0.0816. The first-order chi connectivity index (χ1) is 10.8. The second-order valence-electron chi connectivity index (χ2n) is 6.35. The van der Waals surface area contributed by atoms with Gasteiger partial charge in [0, 0.05) is 5.56 Å². The van der Waals surface area contributed by atoms with Gasteiger partial charge in [0.1, 0.15) is 17.6 Å². The minimum Gasteiger partial charge on any atom is -0.483 e. The SMILES string of the molecule is CCCCCCCCCC[C@H]1Oc2ccc(C)cc2/C1=N\O. The lowest BCUT2D eigenvalue weighted by atomic mass is 10.0. The average molecular weight is 303 g/mol. The van der Waals surface area contributed by atoms with Crippen LogP contribution in [-0.2, 0) is 0 Å². The maximum absolute atomic E-state index is 9.31. The van der Waals surface area contributed by atoms with Crippen LogP contribution in [0.25, 0.3) is 0 Å². The maximum Gasteiger partial charge on any atom is 0.145 e. The molecule has 1 aliphatic heterocycles. The molecule has 1 aliphatic rings. The highest BCUT2D eigenvalue weighted by Gasteiger charge is 2.30. The van der Waals surface area contributed by atoms with Crippen molar-refractivity contribution in [3.8, 4) is 5.75 Å². The van der Waals surface area contributed by atoms with Crippen LogP contribution in [0, 0.1) is 6.92 Å². The number of oxime groups is 1. The summed E-state index contributed by atoms with van der Waals surface area (Å²) < 4.78 is 5.93. The van der Waals surface area contributed by atoms with Gasteiger partial charge in [0.05, 0.1) is 0 Å². The van der Waals surface area contributed by atoms with Gasteiger partial charge in [-0.25, -0.2) is 0 Å². The summed E-state index contributed by atoms with van der Waals surface area (Å²) in [7, 11) is 0. The van der Waals surface area contributed by atoms with Gasteiger partial charge < -0.3 is 9.94 Å². The molecule has 3 heteroatoms. The van der Waals surface area contributed by atoms with Gasteiger partial charge in [0.2, 0.25) is 0 Å². The van der Waals surface area contributed by atoms with Crippen molar-refractivity contribution in [2.75, 3.05) is 0 Å². The van der Waals surface area contributed by atoms with Crippen molar-refractivity contribution < 1.29 is 9.94 Å². The standard InChI is InChI=1S/C19H29NO2/c1-3-4-5-6-7-8-9-10-11-18-19(20-21)16-14-15(2)12-13-17(16)22-18/h12-14,18,21H,3-11H2,1-2H3/b20-19+/t18-/m1/s1. The number of aryl methyl sites for hydroxylation is 1. The number of unbranched alkanes of at least 4 members (excludes halogenated alkanes) is 7. The topological polar surface area (TPSA) is 41.8 Å². The zero-order valence-corrected chi connectivity index (χ0v) is 14.0. The van der Waals surface area contributed by atoms with E-state index in [1.165, 1.54) is 44.9 Å². The van der Waals surface area contributed by atoms with Gasteiger partial charge in [0.15, 0.2) is 0 Å². The molecule has 1 atom stereocenters. The fourth-order valence-corrected chi connectivity index (χ4v) is 3.11. The zero-order chi connectivity index (χ0) is 15.8. The maximum atomic E-state index is 9.31. The van der Waals surface area contributed by atoms with E-state index in [2.05, 4.69) is 12.1 Å². The van der Waals surface area contributed by atoms with E-state index in [9.17, 15) is 5.21 Å². The fourth-order valence-electron chi connectivity index (χ4n) is 3.11. The van der Waals surface area contributed by atoms with E-state index in [0.29, 0.717) is 5.71 Å². The van der Waals surface area contributed by atoms with Crippen LogP contribution in [0.1, 0.15) is 75.8 Å². The lowest BCUT2D eigenvalue weighted by molar-refractivity contribution is 0.254. The molecular weight excluding hydrogens is 274 g/mol. The van der Waals surface area contributed by atoms with Gasteiger partial charge in [0.25, 0.3) is 0 Å². The van der Waals surface area contributed by atoms with Crippen molar-refractivity contribution in [1.82, 2.24) is 0 Å². The monoisotopic (exact) mass is 303 g/mol. The molecule has 122 valence electrons. The van der Waals surface area contributed by atoms with Crippen LogP contribution in [0.15, 0.2) is 23.4 Å². The smallest absolute Gasteiger partial charge is 0.145 e. The summed E-state index contributed by atoms with van der Waals surface area (Å²) in [4.78, 5) is 0. The Kier molecular flexibility index (Phi) is 6.75. The summed E-state index contributed by atoms with van der Waals surface area (Å²) in [5.41, 5.74) is 2.81. The molecule has 1 aromatic carbocycles. The molecule has 0 aromatic heterocycles. The summed E-state index contributed by atoms with van der Waals surface area (Å²) in [5.74, 6) is 0.850. The highest BCUT2D eigenvalue weighted by atomic mass is 16.5. The van der Waals surface area contributed by atoms with E-state index < -0.39 is 0 Å². The number of rotatable bonds is 9. The van der Waals surface area contributed by atoms with Crippen molar-refractivity contribution in [2.24, 2.45) is 5.16 Å². The third-order valence-corrected chi connectivity index (χ3v) is 4.41. The molecule has 1 heterocycles. The quantitative estimate of drug-likeness (QED) is 0.373. The normalized spacial score (nSPS) is 18.5. The largest absolute Gasteiger partial charge is 0.483 e. The molecule has 0 aliphatic carbocycles. The lowest BCUT2D eigenvalue weighted by Gasteiger charge is -2.10. The van der Waals surface area contributed by atoms with Gasteiger partial charge in [-0.3, -0.25) is 0 Å². The summed E-state index contributed by atoms with van der Waals surface area (Å²) >= 11 is 0. The van der Waals surface area contributed by atoms with Crippen molar-refractivity contribution >= 4 is 5.71 Å². The Morgan fingerprint density at radius 2 is 1.73 bits per heavy atom. The Morgan fingerprint density at radius 3 is 2.41 bits per heavy atom. The third-order valence-electron chi connectivity index (χ3n) is 4.41. The summed E-state index contributed by atoms with van der Waals surface area (Å²) in [6.45, 7) is 4.29. The fraction of sp³-hybridized carbons (Fsp3) is 0.632. The summed E-state index contributed by atoms with van der Waals surface area (Å²) in [6.07, 6.45) is 11.3. The number of hydrogen-bond donors (Lipinski definition) is 1. The lowest BCUT2D eigenvalue weighted by Crippen LogP contribution is -2.21. The Hall–Kier alpha value is -1.51. The van der Waals surface area contributed by atoms with E-state index >= 15 is 0 Å². The van der Waals surface area contributed by atoms with E-state index in [4.69, 9.17) is 4.74 Å². The molecule has 1 N–H and O–H groups in total. The number of nitrogens with zero attached hydrogens (tertiary/aromatic N) is 1. The molecule has 1 aromatic rings. The molecule has 0 saturated carbocycles. The highest BCUT2D eigenvalue weighted by molar-refractivity contribution is 6.08. The van der Waals surface area contributed by atoms with Crippen LogP contribution >= 0.6 is 0 Å². The molecule has 2 rings (SSSR count). The number of ether oxygens (including phenoxy) is 1.